The molecule has 2 aromatic rings. The van der Waals surface area contributed by atoms with Gasteiger partial charge in [0.1, 0.15) is 0 Å². The van der Waals surface area contributed by atoms with Crippen LogP contribution in [0.4, 0.5) is 0 Å². The van der Waals surface area contributed by atoms with E-state index in [0.717, 1.165) is 0 Å². The summed E-state index contributed by atoms with van der Waals surface area (Å²) < 4.78 is 16.6. The maximum absolute atomic E-state index is 13.1. The van der Waals surface area contributed by atoms with Gasteiger partial charge in [-0.15, -0.1) is 12.4 Å². The van der Waals surface area contributed by atoms with Crippen molar-refractivity contribution in [1.29, 1.82) is 0 Å². The number of amides is 1. The van der Waals surface area contributed by atoms with Crippen molar-refractivity contribution in [2.24, 2.45) is 0 Å². The molecule has 1 amide bonds. The van der Waals surface area contributed by atoms with Crippen LogP contribution in [-0.4, -0.2) is 48.8 Å². The number of hydrogen-bond acceptors (Lipinski definition) is 7. The number of carbonyl (C=O) groups is 3. The number of nitrogens with zero attached hydrogens (tertiary/aromatic N) is 1. The first kappa shape index (κ1) is 22.8. The predicted octanol–water partition coefficient (Wildman–Crippen LogP) is 2.23. The Kier molecular flexibility index (Phi) is 6.66. The van der Waals surface area contributed by atoms with Gasteiger partial charge < -0.3 is 19.5 Å². The Morgan fingerprint density at radius 1 is 1.13 bits per heavy atom. The number of fused-ring (bicyclic) bond motifs is 1. The van der Waals surface area contributed by atoms with E-state index in [1.165, 1.54) is 14.2 Å². The minimum atomic E-state index is -1.82. The van der Waals surface area contributed by atoms with E-state index in [1.807, 2.05) is 0 Å². The Balaban J connectivity index is 0.00000272. The lowest BCUT2D eigenvalue weighted by atomic mass is 9.79. The van der Waals surface area contributed by atoms with E-state index in [1.54, 1.807) is 48.7 Å². The van der Waals surface area contributed by atoms with Gasteiger partial charge in [-0.3, -0.25) is 19.4 Å². The number of ether oxygens (including phenoxy) is 3. The van der Waals surface area contributed by atoms with Crippen LogP contribution in [0.25, 0.3) is 0 Å². The number of aromatic nitrogens is 1. The van der Waals surface area contributed by atoms with E-state index in [0.29, 0.717) is 5.69 Å². The highest BCUT2D eigenvalue weighted by molar-refractivity contribution is 6.27. The maximum Gasteiger partial charge on any atom is 0.281 e. The molecule has 162 valence electrons. The lowest BCUT2D eigenvalue weighted by Gasteiger charge is -2.40. The van der Waals surface area contributed by atoms with Gasteiger partial charge in [-0.2, -0.15) is 0 Å². The van der Waals surface area contributed by atoms with Crippen molar-refractivity contribution < 1.29 is 28.6 Å². The van der Waals surface area contributed by atoms with Crippen LogP contribution < -0.4 is 5.32 Å². The zero-order chi connectivity index (χ0) is 21.3. The lowest BCUT2D eigenvalue weighted by Crippen LogP contribution is -2.56. The number of pyridine rings is 1. The van der Waals surface area contributed by atoms with Crippen molar-refractivity contribution in [3.8, 4) is 0 Å². The fraction of sp³-hybridized carbons (Fsp3) is 0.273. The minimum Gasteiger partial charge on any atom is -0.351 e. The molecule has 0 saturated heterocycles. The van der Waals surface area contributed by atoms with Crippen LogP contribution in [0.1, 0.15) is 32.8 Å². The van der Waals surface area contributed by atoms with E-state index < -0.39 is 18.0 Å². The Hall–Kier alpha value is -2.91. The van der Waals surface area contributed by atoms with Crippen molar-refractivity contribution in [2.45, 2.75) is 25.0 Å². The molecule has 0 fully saturated rings. The summed E-state index contributed by atoms with van der Waals surface area (Å²) in [6, 6.07) is 11.9. The van der Waals surface area contributed by atoms with E-state index in [2.05, 4.69) is 10.3 Å². The molecule has 0 bridgehead atoms. The van der Waals surface area contributed by atoms with Gasteiger partial charge in [0.05, 0.1) is 17.8 Å². The summed E-state index contributed by atoms with van der Waals surface area (Å²) in [5.74, 6) is -3.12. The molecule has 0 radical (unpaired) electrons. The standard InChI is InChI=1S/C22H20N2O6.ClH/c1-28-20-17-16(18(25)14-8-3-4-9-15(14)19(17)26)11-22(29-2,30-20)21(27)24-12-13-7-5-6-10-23-13;/h3-10,20H,11-12H2,1-2H3,(H,24,27);1H. The minimum absolute atomic E-state index is 0. The third-order valence-electron chi connectivity index (χ3n) is 5.25. The Bertz CT molecular complexity index is 1050. The number of methoxy groups -OCH3 is 2. The molecule has 2 aliphatic rings. The Labute approximate surface area is 185 Å². The first-order valence-electron chi connectivity index (χ1n) is 9.36. The van der Waals surface area contributed by atoms with Gasteiger partial charge in [0, 0.05) is 43.5 Å². The fourth-order valence-electron chi connectivity index (χ4n) is 3.70. The zero-order valence-electron chi connectivity index (χ0n) is 16.9. The summed E-state index contributed by atoms with van der Waals surface area (Å²) in [6.45, 7) is 0.146. The molecule has 2 atom stereocenters. The summed E-state index contributed by atoms with van der Waals surface area (Å²) in [5, 5.41) is 2.72. The van der Waals surface area contributed by atoms with Crippen LogP contribution in [-0.2, 0) is 25.5 Å². The quantitative estimate of drug-likeness (QED) is 0.754. The van der Waals surface area contributed by atoms with E-state index in [-0.39, 0.29) is 59.2 Å². The largest absolute Gasteiger partial charge is 0.351 e. The monoisotopic (exact) mass is 444 g/mol. The van der Waals surface area contributed by atoms with Gasteiger partial charge in [0.2, 0.25) is 0 Å². The number of rotatable bonds is 5. The Morgan fingerprint density at radius 3 is 2.42 bits per heavy atom. The van der Waals surface area contributed by atoms with Crippen molar-refractivity contribution in [3.05, 3.63) is 76.6 Å². The average molecular weight is 445 g/mol. The van der Waals surface area contributed by atoms with Crippen molar-refractivity contribution in [3.63, 3.8) is 0 Å². The second-order valence-corrected chi connectivity index (χ2v) is 6.92. The first-order valence-corrected chi connectivity index (χ1v) is 9.36. The number of ketones is 2. The summed E-state index contributed by atoms with van der Waals surface area (Å²) in [4.78, 5) is 43.4. The van der Waals surface area contributed by atoms with Gasteiger partial charge in [0.25, 0.3) is 11.7 Å². The maximum atomic E-state index is 13.1. The van der Waals surface area contributed by atoms with Gasteiger partial charge >= 0.3 is 0 Å². The summed E-state index contributed by atoms with van der Waals surface area (Å²) in [5.41, 5.74) is 1.49. The number of carbonyl (C=O) groups excluding carboxylic acids is 3. The van der Waals surface area contributed by atoms with Crippen molar-refractivity contribution in [1.82, 2.24) is 10.3 Å². The molecule has 2 heterocycles. The van der Waals surface area contributed by atoms with Crippen LogP contribution in [0.3, 0.4) is 0 Å². The lowest BCUT2D eigenvalue weighted by molar-refractivity contribution is -0.276. The SMILES string of the molecule is COC1OC(OC)(C(=O)NCc2ccccn2)CC2=C1C(=O)c1ccccc1C2=O.Cl. The molecule has 1 aromatic heterocycles. The highest BCUT2D eigenvalue weighted by atomic mass is 35.5. The smallest absolute Gasteiger partial charge is 0.281 e. The molecule has 8 nitrogen and oxygen atoms in total. The first-order chi connectivity index (χ1) is 14.5. The van der Waals surface area contributed by atoms with Crippen LogP contribution in [0.5, 0.6) is 0 Å². The molecule has 2 unspecified atom stereocenters. The molecule has 0 saturated carbocycles. The molecule has 31 heavy (non-hydrogen) atoms. The second kappa shape index (κ2) is 9.07. The zero-order valence-corrected chi connectivity index (χ0v) is 17.7. The van der Waals surface area contributed by atoms with Gasteiger partial charge in [-0.05, 0) is 12.1 Å². The Morgan fingerprint density at radius 2 is 1.81 bits per heavy atom. The van der Waals surface area contributed by atoms with Crippen LogP contribution in [0.2, 0.25) is 0 Å². The molecular formula is C22H21ClN2O6. The second-order valence-electron chi connectivity index (χ2n) is 6.92. The van der Waals surface area contributed by atoms with Crippen LogP contribution in [0, 0.1) is 0 Å². The third kappa shape index (κ3) is 3.90. The number of Topliss-reactive ketones (excluding diaryl/α,β-unsaturated/α-hetero) is 2. The average Bonchev–Trinajstić information content (AvgIpc) is 2.80. The predicted molar refractivity (Wildman–Crippen MR) is 112 cm³/mol. The summed E-state index contributed by atoms with van der Waals surface area (Å²) >= 11 is 0. The van der Waals surface area contributed by atoms with Crippen LogP contribution >= 0.6 is 12.4 Å². The van der Waals surface area contributed by atoms with Crippen molar-refractivity contribution >= 4 is 29.9 Å². The normalized spacial score (nSPS) is 22.3. The molecule has 9 heteroatoms. The summed E-state index contributed by atoms with van der Waals surface area (Å²) in [7, 11) is 2.65. The third-order valence-corrected chi connectivity index (χ3v) is 5.25. The number of nitrogens with one attached hydrogen (secondary N) is 1. The van der Waals surface area contributed by atoms with Gasteiger partial charge in [-0.25, -0.2) is 0 Å². The number of hydrogen-bond donors (Lipinski definition) is 1. The van der Waals surface area contributed by atoms with E-state index >= 15 is 0 Å². The van der Waals surface area contributed by atoms with E-state index in [9.17, 15) is 14.4 Å². The number of benzene rings is 1. The van der Waals surface area contributed by atoms with E-state index in [4.69, 9.17) is 14.2 Å². The van der Waals surface area contributed by atoms with Crippen molar-refractivity contribution in [2.75, 3.05) is 14.2 Å². The molecule has 4 rings (SSSR count). The van der Waals surface area contributed by atoms with Gasteiger partial charge in [-0.1, -0.05) is 30.3 Å². The molecule has 0 spiro atoms. The molecule has 1 aliphatic heterocycles. The molecule has 1 aromatic carbocycles. The highest BCUT2D eigenvalue weighted by Crippen LogP contribution is 2.40. The van der Waals surface area contributed by atoms with Gasteiger partial charge in [0.15, 0.2) is 17.9 Å². The topological polar surface area (TPSA) is 104 Å². The molecule has 1 aliphatic carbocycles. The molecular weight excluding hydrogens is 424 g/mol. The fourth-order valence-corrected chi connectivity index (χ4v) is 3.70. The summed E-state index contributed by atoms with van der Waals surface area (Å²) in [6.07, 6.45) is 0.178. The molecule has 1 N–H and O–H groups in total. The number of halogens is 1. The highest BCUT2D eigenvalue weighted by Gasteiger charge is 2.52. The van der Waals surface area contributed by atoms with Crippen LogP contribution in [0.15, 0.2) is 59.8 Å².